The zero-order chi connectivity index (χ0) is 11.4. The first-order valence-electron chi connectivity index (χ1n) is 5.58. The number of amides is 1. The van der Waals surface area contributed by atoms with Crippen LogP contribution in [0.4, 0.5) is 0 Å². The summed E-state index contributed by atoms with van der Waals surface area (Å²) < 4.78 is 0. The monoisotopic (exact) mass is 258 g/mol. The second-order valence-corrected chi connectivity index (χ2v) is 5.42. The summed E-state index contributed by atoms with van der Waals surface area (Å²) in [6, 6.07) is 0. The van der Waals surface area contributed by atoms with Gasteiger partial charge in [0.1, 0.15) is 5.69 Å². The standard InChI is InChI=1S/C11H15ClN2OS/c12-9-4-2-1-3-8(9)5-13-11(15)10-6-16-7-14-10/h6-9H,1-5H2,(H,13,15). The van der Waals surface area contributed by atoms with Crippen LogP contribution in [0.5, 0.6) is 0 Å². The minimum atomic E-state index is -0.0873. The van der Waals surface area contributed by atoms with Crippen LogP contribution in [0.1, 0.15) is 36.2 Å². The molecule has 88 valence electrons. The molecule has 0 bridgehead atoms. The number of nitrogens with zero attached hydrogens (tertiary/aromatic N) is 1. The van der Waals surface area contributed by atoms with E-state index in [-0.39, 0.29) is 11.3 Å². The Hall–Kier alpha value is -0.610. The van der Waals surface area contributed by atoms with Crippen LogP contribution in [-0.2, 0) is 0 Å². The molecular formula is C11H15ClN2OS. The van der Waals surface area contributed by atoms with Crippen molar-refractivity contribution >= 4 is 28.8 Å². The van der Waals surface area contributed by atoms with Crippen molar-refractivity contribution in [2.45, 2.75) is 31.1 Å². The van der Waals surface area contributed by atoms with E-state index in [0.717, 1.165) is 12.8 Å². The largest absolute Gasteiger partial charge is 0.350 e. The molecule has 0 aromatic carbocycles. The number of nitrogens with one attached hydrogen (secondary N) is 1. The summed E-state index contributed by atoms with van der Waals surface area (Å²) >= 11 is 7.66. The van der Waals surface area contributed by atoms with Crippen molar-refractivity contribution in [2.75, 3.05) is 6.54 Å². The van der Waals surface area contributed by atoms with E-state index in [1.54, 1.807) is 10.9 Å². The molecule has 1 aromatic rings. The van der Waals surface area contributed by atoms with Crippen molar-refractivity contribution in [1.82, 2.24) is 10.3 Å². The molecule has 1 saturated carbocycles. The molecule has 1 aromatic heterocycles. The van der Waals surface area contributed by atoms with Crippen LogP contribution in [-0.4, -0.2) is 22.8 Å². The molecule has 1 amide bonds. The van der Waals surface area contributed by atoms with E-state index in [4.69, 9.17) is 11.6 Å². The molecule has 0 saturated heterocycles. The SMILES string of the molecule is O=C(NCC1CCCCC1Cl)c1cscn1. The molecule has 1 aliphatic rings. The lowest BCUT2D eigenvalue weighted by molar-refractivity contribution is 0.0940. The molecule has 0 aliphatic heterocycles. The molecule has 0 radical (unpaired) electrons. The van der Waals surface area contributed by atoms with Gasteiger partial charge in [-0.1, -0.05) is 12.8 Å². The van der Waals surface area contributed by atoms with E-state index in [0.29, 0.717) is 18.2 Å². The van der Waals surface area contributed by atoms with E-state index in [2.05, 4.69) is 10.3 Å². The maximum atomic E-state index is 11.6. The minimum Gasteiger partial charge on any atom is -0.350 e. The summed E-state index contributed by atoms with van der Waals surface area (Å²) in [6.07, 6.45) is 4.62. The van der Waals surface area contributed by atoms with Gasteiger partial charge in [-0.25, -0.2) is 4.98 Å². The van der Waals surface area contributed by atoms with Crippen LogP contribution in [0.15, 0.2) is 10.9 Å². The topological polar surface area (TPSA) is 42.0 Å². The van der Waals surface area contributed by atoms with E-state index >= 15 is 0 Å². The van der Waals surface area contributed by atoms with Gasteiger partial charge in [-0.3, -0.25) is 4.79 Å². The predicted octanol–water partition coefficient (Wildman–Crippen LogP) is 2.67. The fourth-order valence-electron chi connectivity index (χ4n) is 2.03. The third kappa shape index (κ3) is 2.95. The highest BCUT2D eigenvalue weighted by Gasteiger charge is 2.23. The quantitative estimate of drug-likeness (QED) is 0.847. The number of alkyl halides is 1. The highest BCUT2D eigenvalue weighted by molar-refractivity contribution is 7.07. The molecule has 3 nitrogen and oxygen atoms in total. The summed E-state index contributed by atoms with van der Waals surface area (Å²) in [6.45, 7) is 0.671. The zero-order valence-electron chi connectivity index (χ0n) is 8.99. The van der Waals surface area contributed by atoms with Crippen LogP contribution in [0, 0.1) is 5.92 Å². The number of thiazole rings is 1. The van der Waals surface area contributed by atoms with Gasteiger partial charge in [0.25, 0.3) is 5.91 Å². The van der Waals surface area contributed by atoms with Crippen molar-refractivity contribution in [3.63, 3.8) is 0 Å². The first-order valence-corrected chi connectivity index (χ1v) is 6.96. The number of carbonyl (C=O) groups is 1. The molecule has 5 heteroatoms. The highest BCUT2D eigenvalue weighted by Crippen LogP contribution is 2.27. The number of carbonyl (C=O) groups excluding carboxylic acids is 1. The Morgan fingerprint density at radius 1 is 1.56 bits per heavy atom. The lowest BCUT2D eigenvalue weighted by atomic mass is 9.89. The van der Waals surface area contributed by atoms with Crippen LogP contribution in [0.2, 0.25) is 0 Å². The number of hydrogen-bond acceptors (Lipinski definition) is 3. The fourth-order valence-corrected chi connectivity index (χ4v) is 2.93. The first-order chi connectivity index (χ1) is 7.77. The van der Waals surface area contributed by atoms with E-state index < -0.39 is 0 Å². The number of rotatable bonds is 3. The van der Waals surface area contributed by atoms with Crippen molar-refractivity contribution in [3.8, 4) is 0 Å². The molecule has 1 aliphatic carbocycles. The normalized spacial score (nSPS) is 25.3. The summed E-state index contributed by atoms with van der Waals surface area (Å²) in [5, 5.41) is 4.88. The highest BCUT2D eigenvalue weighted by atomic mass is 35.5. The van der Waals surface area contributed by atoms with E-state index in [9.17, 15) is 4.79 Å². The van der Waals surface area contributed by atoms with Crippen LogP contribution >= 0.6 is 22.9 Å². The molecule has 2 rings (SSSR count). The summed E-state index contributed by atoms with van der Waals surface area (Å²) in [5.74, 6) is 0.327. The van der Waals surface area contributed by atoms with Crippen LogP contribution < -0.4 is 5.32 Å². The average molecular weight is 259 g/mol. The Bertz CT molecular complexity index is 342. The molecule has 16 heavy (non-hydrogen) atoms. The van der Waals surface area contributed by atoms with Crippen molar-refractivity contribution in [3.05, 3.63) is 16.6 Å². The second-order valence-electron chi connectivity index (χ2n) is 4.14. The number of halogens is 1. The lowest BCUT2D eigenvalue weighted by Gasteiger charge is -2.26. The third-order valence-electron chi connectivity index (χ3n) is 3.01. The number of hydrogen-bond donors (Lipinski definition) is 1. The second kappa shape index (κ2) is 5.64. The summed E-state index contributed by atoms with van der Waals surface area (Å²) in [5.41, 5.74) is 2.17. The smallest absolute Gasteiger partial charge is 0.270 e. The minimum absolute atomic E-state index is 0.0873. The lowest BCUT2D eigenvalue weighted by Crippen LogP contribution is -2.34. The van der Waals surface area contributed by atoms with Gasteiger partial charge in [0, 0.05) is 17.3 Å². The van der Waals surface area contributed by atoms with E-state index in [1.165, 1.54) is 24.2 Å². The van der Waals surface area contributed by atoms with Gasteiger partial charge in [-0.2, -0.15) is 0 Å². The van der Waals surface area contributed by atoms with Crippen LogP contribution in [0.25, 0.3) is 0 Å². The van der Waals surface area contributed by atoms with Crippen molar-refractivity contribution < 1.29 is 4.79 Å². The Morgan fingerprint density at radius 3 is 3.06 bits per heavy atom. The Morgan fingerprint density at radius 2 is 2.38 bits per heavy atom. The third-order valence-corrected chi connectivity index (χ3v) is 4.17. The van der Waals surface area contributed by atoms with Gasteiger partial charge in [-0.15, -0.1) is 22.9 Å². The van der Waals surface area contributed by atoms with Gasteiger partial charge in [0.05, 0.1) is 5.51 Å². The average Bonchev–Trinajstić information content (AvgIpc) is 2.81. The fraction of sp³-hybridized carbons (Fsp3) is 0.636. The molecule has 0 spiro atoms. The number of aromatic nitrogens is 1. The molecule has 1 fully saturated rings. The first kappa shape index (κ1) is 11.9. The molecule has 1 N–H and O–H groups in total. The molecule has 2 unspecified atom stereocenters. The molecule has 1 heterocycles. The molecule has 2 atom stereocenters. The molecular weight excluding hydrogens is 244 g/mol. The van der Waals surface area contributed by atoms with Crippen molar-refractivity contribution in [2.24, 2.45) is 5.92 Å². The predicted molar refractivity (Wildman–Crippen MR) is 66.0 cm³/mol. The maximum absolute atomic E-state index is 11.6. The van der Waals surface area contributed by atoms with Gasteiger partial charge >= 0.3 is 0 Å². The summed E-state index contributed by atoms with van der Waals surface area (Å²) in [4.78, 5) is 15.6. The summed E-state index contributed by atoms with van der Waals surface area (Å²) in [7, 11) is 0. The Kier molecular flexibility index (Phi) is 4.18. The van der Waals surface area contributed by atoms with Gasteiger partial charge in [0.2, 0.25) is 0 Å². The Labute approximate surface area is 104 Å². The van der Waals surface area contributed by atoms with Gasteiger partial charge in [0.15, 0.2) is 0 Å². The Balaban J connectivity index is 1.80. The maximum Gasteiger partial charge on any atom is 0.270 e. The van der Waals surface area contributed by atoms with E-state index in [1.807, 2.05) is 0 Å². The van der Waals surface area contributed by atoms with Crippen molar-refractivity contribution in [1.29, 1.82) is 0 Å². The van der Waals surface area contributed by atoms with Gasteiger partial charge in [-0.05, 0) is 18.8 Å². The van der Waals surface area contributed by atoms with Crippen LogP contribution in [0.3, 0.4) is 0 Å². The zero-order valence-corrected chi connectivity index (χ0v) is 10.6. The van der Waals surface area contributed by atoms with Gasteiger partial charge < -0.3 is 5.32 Å².